The quantitative estimate of drug-likeness (QED) is 0.796. The Bertz CT molecular complexity index is 564. The average molecular weight is 269 g/mol. The molecule has 3 nitrogen and oxygen atoms in total. The molecule has 0 radical (unpaired) electrons. The maximum Gasteiger partial charge on any atom is 0.153 e. The standard InChI is InChI=1S/C12H10Cl2N2O/c1-2-16-6-8(7-17)12(15-16)10-4-3-9(13)5-11(10)14/h3-7H,2H2,1H3. The molecule has 17 heavy (non-hydrogen) atoms. The van der Waals surface area contributed by atoms with Gasteiger partial charge in [-0.3, -0.25) is 9.48 Å². The van der Waals surface area contributed by atoms with Gasteiger partial charge >= 0.3 is 0 Å². The lowest BCUT2D eigenvalue weighted by atomic mass is 10.1. The topological polar surface area (TPSA) is 34.9 Å². The molecule has 2 aromatic rings. The van der Waals surface area contributed by atoms with Gasteiger partial charge in [-0.2, -0.15) is 5.10 Å². The molecule has 5 heteroatoms. The molecule has 0 aliphatic rings. The van der Waals surface area contributed by atoms with Gasteiger partial charge in [-0.25, -0.2) is 0 Å². The summed E-state index contributed by atoms with van der Waals surface area (Å²) in [6.07, 6.45) is 2.48. The average Bonchev–Trinajstić information content (AvgIpc) is 2.72. The van der Waals surface area contributed by atoms with Crippen LogP contribution in [0.2, 0.25) is 10.0 Å². The Labute approximate surface area is 109 Å². The summed E-state index contributed by atoms with van der Waals surface area (Å²) >= 11 is 11.9. The van der Waals surface area contributed by atoms with Crippen LogP contribution in [0.4, 0.5) is 0 Å². The third-order valence-electron chi connectivity index (χ3n) is 2.43. The van der Waals surface area contributed by atoms with Crippen molar-refractivity contribution in [3.05, 3.63) is 40.0 Å². The van der Waals surface area contributed by atoms with E-state index in [2.05, 4.69) is 5.10 Å². The van der Waals surface area contributed by atoms with Crippen molar-refractivity contribution in [3.63, 3.8) is 0 Å². The number of rotatable bonds is 3. The van der Waals surface area contributed by atoms with E-state index < -0.39 is 0 Å². The Hall–Kier alpha value is -1.32. The smallest absolute Gasteiger partial charge is 0.153 e. The Morgan fingerprint density at radius 2 is 2.18 bits per heavy atom. The molecule has 0 bridgehead atoms. The molecule has 0 aliphatic carbocycles. The van der Waals surface area contributed by atoms with Crippen LogP contribution >= 0.6 is 23.2 Å². The van der Waals surface area contributed by atoms with Crippen LogP contribution in [0.3, 0.4) is 0 Å². The van der Waals surface area contributed by atoms with E-state index in [4.69, 9.17) is 23.2 Å². The first kappa shape index (κ1) is 12.1. The van der Waals surface area contributed by atoms with E-state index in [1.807, 2.05) is 6.92 Å². The molecule has 0 atom stereocenters. The molecule has 0 saturated carbocycles. The molecular formula is C12H10Cl2N2O. The van der Waals surface area contributed by atoms with Gasteiger partial charge in [-0.1, -0.05) is 23.2 Å². The highest BCUT2D eigenvalue weighted by Gasteiger charge is 2.13. The SMILES string of the molecule is CCn1cc(C=O)c(-c2ccc(Cl)cc2Cl)n1. The minimum atomic E-state index is 0.488. The molecule has 0 fully saturated rings. The summed E-state index contributed by atoms with van der Waals surface area (Å²) < 4.78 is 1.70. The summed E-state index contributed by atoms with van der Waals surface area (Å²) in [7, 11) is 0. The first-order chi connectivity index (χ1) is 8.15. The molecule has 0 aliphatic heterocycles. The van der Waals surface area contributed by atoms with Crippen LogP contribution in [0, 0.1) is 0 Å². The second kappa shape index (κ2) is 4.90. The van der Waals surface area contributed by atoms with Crippen LogP contribution in [0.25, 0.3) is 11.3 Å². The molecule has 1 heterocycles. The molecule has 1 aromatic heterocycles. The highest BCUT2D eigenvalue weighted by Crippen LogP contribution is 2.30. The van der Waals surface area contributed by atoms with Gasteiger partial charge in [0.1, 0.15) is 5.69 Å². The summed E-state index contributed by atoms with van der Waals surface area (Å²) in [4.78, 5) is 11.0. The summed E-state index contributed by atoms with van der Waals surface area (Å²) in [5.74, 6) is 0. The van der Waals surface area contributed by atoms with E-state index in [1.165, 1.54) is 0 Å². The van der Waals surface area contributed by atoms with Crippen molar-refractivity contribution in [3.8, 4) is 11.3 Å². The highest BCUT2D eigenvalue weighted by atomic mass is 35.5. The van der Waals surface area contributed by atoms with Gasteiger partial charge in [0.05, 0.1) is 10.6 Å². The van der Waals surface area contributed by atoms with E-state index in [-0.39, 0.29) is 0 Å². The first-order valence-electron chi connectivity index (χ1n) is 5.13. The monoisotopic (exact) mass is 268 g/mol. The Balaban J connectivity index is 2.58. The van der Waals surface area contributed by atoms with E-state index in [0.29, 0.717) is 33.4 Å². The van der Waals surface area contributed by atoms with Crippen molar-refractivity contribution in [2.75, 3.05) is 0 Å². The van der Waals surface area contributed by atoms with Crippen LogP contribution < -0.4 is 0 Å². The van der Waals surface area contributed by atoms with E-state index in [9.17, 15) is 4.79 Å². The molecular weight excluding hydrogens is 259 g/mol. The number of carbonyl (C=O) groups is 1. The van der Waals surface area contributed by atoms with Gasteiger partial charge in [0.15, 0.2) is 6.29 Å². The van der Waals surface area contributed by atoms with Gasteiger partial charge in [0.2, 0.25) is 0 Å². The second-order valence-electron chi connectivity index (χ2n) is 3.53. The van der Waals surface area contributed by atoms with Gasteiger partial charge < -0.3 is 0 Å². The largest absolute Gasteiger partial charge is 0.298 e. The fourth-order valence-electron chi connectivity index (χ4n) is 1.58. The fourth-order valence-corrected chi connectivity index (χ4v) is 2.07. The van der Waals surface area contributed by atoms with Gasteiger partial charge in [-0.05, 0) is 25.1 Å². The normalized spacial score (nSPS) is 10.5. The summed E-state index contributed by atoms with van der Waals surface area (Å²) in [5.41, 5.74) is 1.82. The Morgan fingerprint density at radius 3 is 2.76 bits per heavy atom. The molecule has 88 valence electrons. The number of aldehydes is 1. The van der Waals surface area contributed by atoms with Gasteiger partial charge in [0.25, 0.3) is 0 Å². The highest BCUT2D eigenvalue weighted by molar-refractivity contribution is 6.36. The summed E-state index contributed by atoms with van der Waals surface area (Å²) in [6, 6.07) is 5.13. The first-order valence-corrected chi connectivity index (χ1v) is 5.89. The maximum atomic E-state index is 11.0. The Morgan fingerprint density at radius 1 is 1.41 bits per heavy atom. The molecule has 0 amide bonds. The lowest BCUT2D eigenvalue weighted by Gasteiger charge is -2.02. The fraction of sp³-hybridized carbons (Fsp3) is 0.167. The van der Waals surface area contributed by atoms with Crippen LogP contribution in [-0.2, 0) is 6.54 Å². The third-order valence-corrected chi connectivity index (χ3v) is 2.98. The number of halogens is 2. The van der Waals surface area contributed by atoms with Crippen LogP contribution in [0.15, 0.2) is 24.4 Å². The molecule has 0 saturated heterocycles. The number of hydrogen-bond donors (Lipinski definition) is 0. The lowest BCUT2D eigenvalue weighted by molar-refractivity contribution is 0.112. The molecule has 0 unspecified atom stereocenters. The number of aromatic nitrogens is 2. The van der Waals surface area contributed by atoms with E-state index in [0.717, 1.165) is 6.29 Å². The van der Waals surface area contributed by atoms with Crippen molar-refractivity contribution in [1.29, 1.82) is 0 Å². The Kier molecular flexibility index (Phi) is 3.50. The number of carbonyl (C=O) groups excluding carboxylic acids is 1. The zero-order valence-corrected chi connectivity index (χ0v) is 10.7. The van der Waals surface area contributed by atoms with Crippen molar-refractivity contribution < 1.29 is 4.79 Å². The second-order valence-corrected chi connectivity index (χ2v) is 4.37. The molecule has 2 rings (SSSR count). The van der Waals surface area contributed by atoms with Crippen molar-refractivity contribution in [2.24, 2.45) is 0 Å². The molecule has 0 spiro atoms. The van der Waals surface area contributed by atoms with E-state index in [1.54, 1.807) is 29.1 Å². The van der Waals surface area contributed by atoms with Crippen LogP contribution in [0.5, 0.6) is 0 Å². The number of benzene rings is 1. The minimum absolute atomic E-state index is 0.488. The van der Waals surface area contributed by atoms with Crippen molar-refractivity contribution in [2.45, 2.75) is 13.5 Å². The van der Waals surface area contributed by atoms with Crippen molar-refractivity contribution in [1.82, 2.24) is 9.78 Å². The number of aryl methyl sites for hydroxylation is 1. The van der Waals surface area contributed by atoms with E-state index >= 15 is 0 Å². The molecule has 0 N–H and O–H groups in total. The van der Waals surface area contributed by atoms with Gasteiger partial charge in [0, 0.05) is 23.3 Å². The molecule has 1 aromatic carbocycles. The number of nitrogens with zero attached hydrogens (tertiary/aromatic N) is 2. The summed E-state index contributed by atoms with van der Waals surface area (Å²) in [6.45, 7) is 2.65. The van der Waals surface area contributed by atoms with Crippen LogP contribution in [0.1, 0.15) is 17.3 Å². The predicted molar refractivity (Wildman–Crippen MR) is 68.7 cm³/mol. The lowest BCUT2D eigenvalue weighted by Crippen LogP contribution is -1.94. The number of hydrogen-bond acceptors (Lipinski definition) is 2. The van der Waals surface area contributed by atoms with Gasteiger partial charge in [-0.15, -0.1) is 0 Å². The maximum absolute atomic E-state index is 11.0. The van der Waals surface area contributed by atoms with Crippen molar-refractivity contribution >= 4 is 29.5 Å². The third kappa shape index (κ3) is 2.35. The minimum Gasteiger partial charge on any atom is -0.298 e. The summed E-state index contributed by atoms with van der Waals surface area (Å²) in [5, 5.41) is 5.36. The zero-order valence-electron chi connectivity index (χ0n) is 9.15. The van der Waals surface area contributed by atoms with Crippen LogP contribution in [-0.4, -0.2) is 16.1 Å². The predicted octanol–water partition coefficient (Wildman–Crippen LogP) is 3.69. The zero-order chi connectivity index (χ0) is 12.4.